The number of benzene rings is 2. The summed E-state index contributed by atoms with van der Waals surface area (Å²) in [4.78, 5) is 0. The molecule has 2 aromatic rings. The summed E-state index contributed by atoms with van der Waals surface area (Å²) in [6, 6.07) is 11.0. The molecule has 2 N–H and O–H groups in total. The maximum atomic E-state index is 13.0. The van der Waals surface area contributed by atoms with E-state index < -0.39 is 6.10 Å². The zero-order chi connectivity index (χ0) is 15.2. The number of aliphatic hydroxyl groups is 1. The van der Waals surface area contributed by atoms with E-state index in [2.05, 4.69) is 5.32 Å². The Kier molecular flexibility index (Phi) is 5.67. The van der Waals surface area contributed by atoms with Crippen molar-refractivity contribution in [2.45, 2.75) is 6.10 Å². The predicted octanol–water partition coefficient (Wildman–Crippen LogP) is 3.98. The number of ether oxygens (including phenoxy) is 1. The molecule has 0 fully saturated rings. The van der Waals surface area contributed by atoms with Crippen LogP contribution in [-0.2, 0) is 0 Å². The average Bonchev–Trinajstić information content (AvgIpc) is 2.45. The molecule has 0 aliphatic rings. The van der Waals surface area contributed by atoms with Crippen molar-refractivity contribution in [2.24, 2.45) is 0 Å². The van der Waals surface area contributed by atoms with Crippen LogP contribution in [0, 0.1) is 5.82 Å². The molecule has 0 spiro atoms. The lowest BCUT2D eigenvalue weighted by Crippen LogP contribution is -2.26. The van der Waals surface area contributed by atoms with Gasteiger partial charge in [0.15, 0.2) is 5.75 Å². The molecule has 0 aromatic heterocycles. The average molecular weight is 330 g/mol. The summed E-state index contributed by atoms with van der Waals surface area (Å²) in [5.41, 5.74) is 0.588. The van der Waals surface area contributed by atoms with Crippen LogP contribution in [0.5, 0.6) is 5.75 Å². The van der Waals surface area contributed by atoms with E-state index >= 15 is 0 Å². The van der Waals surface area contributed by atoms with E-state index in [4.69, 9.17) is 27.9 Å². The normalized spacial score (nSPS) is 12.0. The summed E-state index contributed by atoms with van der Waals surface area (Å²) in [7, 11) is 0. The van der Waals surface area contributed by atoms with Gasteiger partial charge in [-0.15, -0.1) is 0 Å². The molecule has 6 heteroatoms. The molecule has 112 valence electrons. The van der Waals surface area contributed by atoms with Crippen molar-refractivity contribution in [1.82, 2.24) is 0 Å². The number of nitrogens with one attached hydrogen (secondary N) is 1. The molecule has 0 amide bonds. The Bertz CT molecular complexity index is 590. The number of rotatable bonds is 6. The van der Waals surface area contributed by atoms with Crippen molar-refractivity contribution in [1.29, 1.82) is 0 Å². The van der Waals surface area contributed by atoms with Crippen LogP contribution in [-0.4, -0.2) is 24.4 Å². The van der Waals surface area contributed by atoms with Gasteiger partial charge in [0.2, 0.25) is 0 Å². The predicted molar refractivity (Wildman–Crippen MR) is 82.9 cm³/mol. The van der Waals surface area contributed by atoms with E-state index in [0.29, 0.717) is 21.5 Å². The molecule has 2 rings (SSSR count). The second-order valence-electron chi connectivity index (χ2n) is 4.41. The molecule has 1 atom stereocenters. The molecule has 3 nitrogen and oxygen atoms in total. The first-order chi connectivity index (χ1) is 10.1. The first-order valence-corrected chi connectivity index (χ1v) is 7.06. The number of para-hydroxylation sites is 1. The summed E-state index contributed by atoms with van der Waals surface area (Å²) in [5, 5.41) is 13.5. The highest BCUT2D eigenvalue weighted by Gasteiger charge is 2.10. The quantitative estimate of drug-likeness (QED) is 0.842. The Morgan fingerprint density at radius 3 is 2.48 bits per heavy atom. The van der Waals surface area contributed by atoms with Crippen LogP contribution < -0.4 is 10.1 Å². The lowest BCUT2D eigenvalue weighted by Gasteiger charge is -2.15. The fraction of sp³-hybridized carbons (Fsp3) is 0.200. The van der Waals surface area contributed by atoms with E-state index in [0.717, 1.165) is 0 Å². The van der Waals surface area contributed by atoms with Crippen molar-refractivity contribution in [2.75, 3.05) is 18.5 Å². The van der Waals surface area contributed by atoms with Gasteiger partial charge in [0.05, 0.1) is 10.0 Å². The van der Waals surface area contributed by atoms with E-state index in [1.165, 1.54) is 12.1 Å². The third-order valence-electron chi connectivity index (χ3n) is 2.71. The standard InChI is InChI=1S/C15H14Cl2FNO2/c16-13-5-2-6-14(17)15(13)21-9-12(20)8-19-11-4-1-3-10(18)7-11/h1-7,12,19-20H,8-9H2. The van der Waals surface area contributed by atoms with Crippen LogP contribution in [0.2, 0.25) is 10.0 Å². The highest BCUT2D eigenvalue weighted by atomic mass is 35.5. The summed E-state index contributed by atoms with van der Waals surface area (Å²) in [5.74, 6) is -0.000715. The Morgan fingerprint density at radius 1 is 1.14 bits per heavy atom. The van der Waals surface area contributed by atoms with Gasteiger partial charge in [0.1, 0.15) is 18.5 Å². The van der Waals surface area contributed by atoms with Crippen LogP contribution in [0.4, 0.5) is 10.1 Å². The van der Waals surface area contributed by atoms with Gasteiger partial charge >= 0.3 is 0 Å². The topological polar surface area (TPSA) is 41.5 Å². The Morgan fingerprint density at radius 2 is 1.81 bits per heavy atom. The maximum absolute atomic E-state index is 13.0. The highest BCUT2D eigenvalue weighted by molar-refractivity contribution is 6.37. The second-order valence-corrected chi connectivity index (χ2v) is 5.22. The van der Waals surface area contributed by atoms with Gasteiger partial charge in [-0.3, -0.25) is 0 Å². The minimum absolute atomic E-state index is 0.0196. The van der Waals surface area contributed by atoms with Crippen LogP contribution in [0.3, 0.4) is 0 Å². The van der Waals surface area contributed by atoms with Gasteiger partial charge in [0.25, 0.3) is 0 Å². The first kappa shape index (κ1) is 15.9. The van der Waals surface area contributed by atoms with Crippen LogP contribution in [0.15, 0.2) is 42.5 Å². The van der Waals surface area contributed by atoms with Crippen molar-refractivity contribution < 1.29 is 14.2 Å². The molecule has 1 unspecified atom stereocenters. The molecule has 0 radical (unpaired) electrons. The smallest absolute Gasteiger partial charge is 0.156 e. The van der Waals surface area contributed by atoms with E-state index in [1.54, 1.807) is 30.3 Å². The molecular formula is C15H14Cl2FNO2. The number of hydrogen-bond donors (Lipinski definition) is 2. The lowest BCUT2D eigenvalue weighted by atomic mass is 10.3. The SMILES string of the molecule is OC(CNc1cccc(F)c1)COc1c(Cl)cccc1Cl. The van der Waals surface area contributed by atoms with Gasteiger partial charge in [-0.05, 0) is 30.3 Å². The fourth-order valence-corrected chi connectivity index (χ4v) is 2.20. The van der Waals surface area contributed by atoms with Gasteiger partial charge in [0, 0.05) is 12.2 Å². The molecule has 0 aliphatic carbocycles. The van der Waals surface area contributed by atoms with Crippen molar-refractivity contribution >= 4 is 28.9 Å². The molecule has 21 heavy (non-hydrogen) atoms. The minimum Gasteiger partial charge on any atom is -0.488 e. The Labute approximate surface area is 132 Å². The highest BCUT2D eigenvalue weighted by Crippen LogP contribution is 2.32. The van der Waals surface area contributed by atoms with Crippen molar-refractivity contribution in [3.05, 3.63) is 58.3 Å². The van der Waals surface area contributed by atoms with Gasteiger partial charge in [-0.25, -0.2) is 4.39 Å². The number of anilines is 1. The van der Waals surface area contributed by atoms with Crippen molar-refractivity contribution in [3.63, 3.8) is 0 Å². The monoisotopic (exact) mass is 329 g/mol. The summed E-state index contributed by atoms with van der Waals surface area (Å²) < 4.78 is 18.4. The lowest BCUT2D eigenvalue weighted by molar-refractivity contribution is 0.117. The first-order valence-electron chi connectivity index (χ1n) is 6.30. The summed E-state index contributed by atoms with van der Waals surface area (Å²) in [6.07, 6.45) is -0.791. The van der Waals surface area contributed by atoms with Gasteiger partial charge < -0.3 is 15.2 Å². The third kappa shape index (κ3) is 4.77. The molecule has 0 bridgehead atoms. The van der Waals surface area contributed by atoms with E-state index in [-0.39, 0.29) is 19.0 Å². The molecule has 0 saturated carbocycles. The zero-order valence-electron chi connectivity index (χ0n) is 11.0. The largest absolute Gasteiger partial charge is 0.488 e. The molecule has 2 aromatic carbocycles. The third-order valence-corrected chi connectivity index (χ3v) is 3.30. The number of aliphatic hydroxyl groups excluding tert-OH is 1. The van der Waals surface area contributed by atoms with E-state index in [1.807, 2.05) is 0 Å². The van der Waals surface area contributed by atoms with E-state index in [9.17, 15) is 9.50 Å². The zero-order valence-corrected chi connectivity index (χ0v) is 12.5. The maximum Gasteiger partial charge on any atom is 0.156 e. The molecule has 0 heterocycles. The number of halogens is 3. The van der Waals surface area contributed by atoms with Crippen LogP contribution in [0.25, 0.3) is 0 Å². The second kappa shape index (κ2) is 7.50. The van der Waals surface area contributed by atoms with Crippen molar-refractivity contribution in [3.8, 4) is 5.75 Å². The van der Waals surface area contributed by atoms with Crippen LogP contribution in [0.1, 0.15) is 0 Å². The number of hydrogen-bond acceptors (Lipinski definition) is 3. The van der Waals surface area contributed by atoms with Crippen LogP contribution >= 0.6 is 23.2 Å². The Hall–Kier alpha value is -1.49. The summed E-state index contributed by atoms with van der Waals surface area (Å²) in [6.45, 7) is 0.233. The van der Waals surface area contributed by atoms with Gasteiger partial charge in [-0.1, -0.05) is 35.3 Å². The summed E-state index contributed by atoms with van der Waals surface area (Å²) >= 11 is 11.9. The fourth-order valence-electron chi connectivity index (χ4n) is 1.69. The molecular weight excluding hydrogens is 316 g/mol. The minimum atomic E-state index is -0.791. The Balaban J connectivity index is 1.84. The van der Waals surface area contributed by atoms with Gasteiger partial charge in [-0.2, -0.15) is 0 Å². The molecule has 0 saturated heterocycles. The molecule has 0 aliphatic heterocycles.